The standard InChI is InChI=1S/C35H38N6O2.C33H42N6O3.C29H35N5O/c42-34(27-6-2-1-3-7-27)38-32-15-20-41(21-16-32)33-12-11-26(23-37-33)25-40-18-13-31(14-19-40)39-35(43)29-9-4-8-28(22-29)30-10-5-17-36-24-30;1-33(2,3)42-32(41)37-29-13-18-39(19-14-29)30-10-9-24(21-35-30)23-38-16-11-28(12-17-38)36-31(40)26-7-4-6-25(20-26)27-8-5-15-34-22-27;1-22-9-16-34(17-10-22)28-8-7-23(19-31-28)21-33-14-11-27(12-15-33)32-29(35)25-5-2-4-24(18-25)26-6-3-13-30-20-26/h1-12,17,22-24,31-32H,13-16,18-21,25H2,(H,38,42)(H,39,43);4-10,15,20-22,28-29H,11-14,16-19,23H2,1-3H3,(H,36,40)(H,37,41);2-8,13,18-20,22,27H,9-12,14-17,21H2,1H3,(H,32,35). The van der Waals surface area contributed by atoms with Crippen LogP contribution in [0.4, 0.5) is 22.2 Å². The third-order valence-electron chi connectivity index (χ3n) is 23.6. The molecule has 23 heteroatoms. The number of hydrogen-bond donors (Lipinski definition) is 5. The molecule has 6 saturated heterocycles. The van der Waals surface area contributed by atoms with Gasteiger partial charge in [-0.3, -0.25) is 48.8 Å². The predicted molar refractivity (Wildman–Crippen MR) is 473 cm³/mol. The number of likely N-dealkylation sites (tertiary alicyclic amines) is 3. The molecular formula is C97H115N17O6. The van der Waals surface area contributed by atoms with Gasteiger partial charge in [-0.1, -0.05) is 97.9 Å². The van der Waals surface area contributed by atoms with E-state index in [1.165, 1.54) is 29.5 Å². The maximum atomic E-state index is 13.0. The summed E-state index contributed by atoms with van der Waals surface area (Å²) in [7, 11) is 0. The molecule has 12 heterocycles. The van der Waals surface area contributed by atoms with Crippen molar-refractivity contribution < 1.29 is 28.7 Å². The Morgan fingerprint density at radius 3 is 0.917 bits per heavy atom. The van der Waals surface area contributed by atoms with Crippen molar-refractivity contribution in [1.82, 2.24) is 71.2 Å². The highest BCUT2D eigenvalue weighted by molar-refractivity contribution is 5.97. The van der Waals surface area contributed by atoms with Crippen LogP contribution in [0.5, 0.6) is 0 Å². The molecule has 0 unspecified atom stereocenters. The fraction of sp³-hybridized carbons (Fsp3) is 0.392. The molecule has 0 bridgehead atoms. The van der Waals surface area contributed by atoms with Crippen molar-refractivity contribution in [1.29, 1.82) is 0 Å². The smallest absolute Gasteiger partial charge is 0.407 e. The molecule has 10 aromatic rings. The highest BCUT2D eigenvalue weighted by Crippen LogP contribution is 2.29. The number of nitrogens with one attached hydrogen (secondary N) is 5. The Hall–Kier alpha value is -11.8. The lowest BCUT2D eigenvalue weighted by Gasteiger charge is -2.34. The summed E-state index contributed by atoms with van der Waals surface area (Å²) >= 11 is 0. The van der Waals surface area contributed by atoms with Crippen LogP contribution in [-0.4, -0.2) is 189 Å². The van der Waals surface area contributed by atoms with Gasteiger partial charge in [-0.25, -0.2) is 19.7 Å². The largest absolute Gasteiger partial charge is 0.444 e. The topological polar surface area (TPSA) is 252 Å². The van der Waals surface area contributed by atoms with Gasteiger partial charge < -0.3 is 46.0 Å². The van der Waals surface area contributed by atoms with Crippen molar-refractivity contribution in [2.75, 3.05) is 93.2 Å². The second-order valence-electron chi connectivity index (χ2n) is 33.8. The van der Waals surface area contributed by atoms with E-state index in [-0.39, 0.29) is 59.9 Å². The molecule has 120 heavy (non-hydrogen) atoms. The van der Waals surface area contributed by atoms with Gasteiger partial charge in [0.2, 0.25) is 0 Å². The highest BCUT2D eigenvalue weighted by Gasteiger charge is 2.30. The molecule has 5 N–H and O–H groups in total. The lowest BCUT2D eigenvalue weighted by molar-refractivity contribution is 0.0496. The van der Waals surface area contributed by atoms with Crippen LogP contribution in [0.3, 0.4) is 0 Å². The van der Waals surface area contributed by atoms with E-state index in [9.17, 15) is 24.0 Å². The molecule has 6 aliphatic rings. The predicted octanol–water partition coefficient (Wildman–Crippen LogP) is 14.7. The van der Waals surface area contributed by atoms with Gasteiger partial charge in [0.25, 0.3) is 23.6 Å². The molecule has 6 aliphatic heterocycles. The van der Waals surface area contributed by atoms with Crippen LogP contribution in [0, 0.1) is 5.92 Å². The first-order chi connectivity index (χ1) is 58.5. The molecule has 0 saturated carbocycles. The van der Waals surface area contributed by atoms with Gasteiger partial charge in [-0.15, -0.1) is 0 Å². The number of nitrogens with zero attached hydrogens (tertiary/aromatic N) is 12. The molecule has 4 aromatic carbocycles. The van der Waals surface area contributed by atoms with E-state index in [2.05, 4.69) is 114 Å². The summed E-state index contributed by atoms with van der Waals surface area (Å²) in [6, 6.07) is 58.2. The van der Waals surface area contributed by atoms with Gasteiger partial charge in [0.05, 0.1) is 0 Å². The van der Waals surface area contributed by atoms with Crippen LogP contribution in [0.1, 0.15) is 163 Å². The van der Waals surface area contributed by atoms with Crippen molar-refractivity contribution in [2.24, 2.45) is 5.92 Å². The van der Waals surface area contributed by atoms with Gasteiger partial charge >= 0.3 is 6.09 Å². The van der Waals surface area contributed by atoms with E-state index in [1.807, 2.05) is 197 Å². The first kappa shape index (κ1) is 84.7. The number of carbonyl (C=O) groups excluding carboxylic acids is 5. The summed E-state index contributed by atoms with van der Waals surface area (Å²) in [6.07, 6.45) is 28.0. The van der Waals surface area contributed by atoms with Crippen LogP contribution in [0.2, 0.25) is 0 Å². The summed E-state index contributed by atoms with van der Waals surface area (Å²) in [4.78, 5) is 105. The molecule has 6 aromatic heterocycles. The zero-order valence-electron chi connectivity index (χ0n) is 69.8. The average Bonchev–Trinajstić information content (AvgIpc) is 0.854. The number of benzene rings is 4. The third kappa shape index (κ3) is 24.9. The Morgan fingerprint density at radius 2 is 0.617 bits per heavy atom. The molecule has 23 nitrogen and oxygen atoms in total. The number of aromatic nitrogens is 6. The van der Waals surface area contributed by atoms with E-state index in [4.69, 9.17) is 19.7 Å². The van der Waals surface area contributed by atoms with Crippen LogP contribution in [0.15, 0.2) is 232 Å². The number of ether oxygens (including phenoxy) is 1. The Morgan fingerprint density at radius 1 is 0.325 bits per heavy atom. The summed E-state index contributed by atoms with van der Waals surface area (Å²) < 4.78 is 5.39. The van der Waals surface area contributed by atoms with E-state index < -0.39 is 5.60 Å². The number of rotatable bonds is 21. The molecular weight excluding hydrogens is 1500 g/mol. The number of carbonyl (C=O) groups is 5. The van der Waals surface area contributed by atoms with Gasteiger partial charge in [0.1, 0.15) is 23.1 Å². The van der Waals surface area contributed by atoms with E-state index in [0.29, 0.717) is 22.3 Å². The Bertz CT molecular complexity index is 4900. The summed E-state index contributed by atoms with van der Waals surface area (Å²) in [5, 5.41) is 15.9. The fourth-order valence-electron chi connectivity index (χ4n) is 16.6. The van der Waals surface area contributed by atoms with Crippen LogP contribution in [0.25, 0.3) is 33.4 Å². The first-order valence-corrected chi connectivity index (χ1v) is 43.0. The quantitative estimate of drug-likeness (QED) is 0.0448. The zero-order chi connectivity index (χ0) is 83.0. The second-order valence-corrected chi connectivity index (χ2v) is 33.8. The van der Waals surface area contributed by atoms with Gasteiger partial charge in [0.15, 0.2) is 0 Å². The number of anilines is 3. The molecule has 0 radical (unpaired) electrons. The Labute approximate surface area is 706 Å². The van der Waals surface area contributed by atoms with E-state index in [0.717, 1.165) is 219 Å². The third-order valence-corrected chi connectivity index (χ3v) is 23.6. The molecule has 0 spiro atoms. The molecule has 0 aliphatic carbocycles. The SMILES string of the molecule is CC(C)(C)OC(=O)NC1CCN(c2ccc(CN3CCC(NC(=O)c4cccc(-c5cccnc5)c4)CC3)cn2)CC1.CC1CCN(c2ccc(CN3CCC(NC(=O)c4cccc(-c5cccnc5)c4)CC3)cn2)CC1.O=C(NC1CCN(Cc2ccc(N3CCC(NC(=O)c4ccccc4)CC3)nc2)CC1)c1cccc(-c2cccnc2)c1. The molecule has 6 fully saturated rings. The van der Waals surface area contributed by atoms with Crippen molar-refractivity contribution >= 4 is 47.2 Å². The lowest BCUT2D eigenvalue weighted by Crippen LogP contribution is -2.46. The summed E-state index contributed by atoms with van der Waals surface area (Å²) in [6.45, 7) is 21.9. The highest BCUT2D eigenvalue weighted by atomic mass is 16.6. The van der Waals surface area contributed by atoms with Crippen LogP contribution >= 0.6 is 0 Å². The zero-order valence-corrected chi connectivity index (χ0v) is 69.8. The molecule has 0 atom stereocenters. The average molecular weight is 1620 g/mol. The van der Waals surface area contributed by atoms with Gasteiger partial charge in [-0.2, -0.15) is 0 Å². The lowest BCUT2D eigenvalue weighted by atomic mass is 9.99. The summed E-state index contributed by atoms with van der Waals surface area (Å²) in [5.74, 6) is 3.86. The van der Waals surface area contributed by atoms with Gasteiger partial charge in [0, 0.05) is 223 Å². The van der Waals surface area contributed by atoms with Crippen molar-refractivity contribution in [3.05, 3.63) is 271 Å². The number of pyridine rings is 6. The Kier molecular flexibility index (Phi) is 29.4. The fourth-order valence-corrected chi connectivity index (χ4v) is 16.6. The monoisotopic (exact) mass is 1610 g/mol. The second kappa shape index (κ2) is 41.7. The maximum Gasteiger partial charge on any atom is 0.407 e. The van der Waals surface area contributed by atoms with Crippen molar-refractivity contribution in [3.8, 4) is 33.4 Å². The Balaban J connectivity index is 0.000000148. The van der Waals surface area contributed by atoms with E-state index >= 15 is 0 Å². The molecule has 624 valence electrons. The summed E-state index contributed by atoms with van der Waals surface area (Å²) in [5.41, 5.74) is 11.9. The molecule has 16 rings (SSSR count). The van der Waals surface area contributed by atoms with Crippen LogP contribution in [-0.2, 0) is 24.4 Å². The van der Waals surface area contributed by atoms with Crippen molar-refractivity contribution in [2.45, 2.75) is 160 Å². The first-order valence-electron chi connectivity index (χ1n) is 43.0. The van der Waals surface area contributed by atoms with E-state index in [1.54, 1.807) is 18.6 Å². The number of alkyl carbamates (subject to hydrolysis) is 1. The minimum atomic E-state index is -0.489. The molecule has 5 amide bonds. The number of hydrogen-bond acceptors (Lipinski definition) is 18. The number of amides is 5. The van der Waals surface area contributed by atoms with Crippen molar-refractivity contribution in [3.63, 3.8) is 0 Å². The maximum absolute atomic E-state index is 13.0. The minimum Gasteiger partial charge on any atom is -0.444 e. The normalized spacial score (nSPS) is 17.1. The van der Waals surface area contributed by atoms with Crippen LogP contribution < -0.4 is 41.3 Å². The van der Waals surface area contributed by atoms with Gasteiger partial charge in [-0.05, 0) is 222 Å². The number of piperidine rings is 6. The minimum absolute atomic E-state index is 0.000443.